The molecule has 0 fully saturated rings. The third-order valence-electron chi connectivity index (χ3n) is 2.24. The molecule has 1 aromatic carbocycles. The summed E-state index contributed by atoms with van der Waals surface area (Å²) < 4.78 is 6.45. The third-order valence-corrected chi connectivity index (χ3v) is 3.04. The molecule has 18 heavy (non-hydrogen) atoms. The molecule has 5 heteroatoms. The molecule has 2 rings (SSSR count). The monoisotopic (exact) mass is 325 g/mol. The third kappa shape index (κ3) is 3.03. The fourth-order valence-corrected chi connectivity index (χ4v) is 2.21. The Kier molecular flexibility index (Phi) is 3.89. The van der Waals surface area contributed by atoms with Gasteiger partial charge in [-0.2, -0.15) is 0 Å². The molecular weight excluding hydrogens is 318 g/mol. The van der Waals surface area contributed by atoms with Gasteiger partial charge in [0.1, 0.15) is 11.5 Å². The summed E-state index contributed by atoms with van der Waals surface area (Å²) in [5, 5.41) is 0.587. The smallest absolute Gasteiger partial charge is 0.241 e. The normalized spacial score (nSPS) is 11.0. The molecule has 0 spiro atoms. The second-order valence-corrected chi connectivity index (χ2v) is 4.88. The van der Waals surface area contributed by atoms with E-state index in [9.17, 15) is 4.79 Å². The van der Waals surface area contributed by atoms with E-state index in [1.807, 2.05) is 12.1 Å². The number of furan rings is 1. The standard InChI is InChI=1S/C13H9BrClNO2/c14-8-1-4-10(11(15)7-8)12-5-2-9(18-12)3-6-13(16)17/h1-7H,(H2,16,17)/b6-3-. The zero-order chi connectivity index (χ0) is 13.1. The van der Waals surface area contributed by atoms with Gasteiger partial charge in [-0.05, 0) is 36.4 Å². The van der Waals surface area contributed by atoms with Gasteiger partial charge in [0.05, 0.1) is 5.02 Å². The van der Waals surface area contributed by atoms with E-state index in [2.05, 4.69) is 15.9 Å². The van der Waals surface area contributed by atoms with Crippen LogP contribution >= 0.6 is 27.5 Å². The first kappa shape index (κ1) is 12.9. The van der Waals surface area contributed by atoms with Gasteiger partial charge in [-0.1, -0.05) is 27.5 Å². The number of carbonyl (C=O) groups is 1. The number of rotatable bonds is 3. The summed E-state index contributed by atoms with van der Waals surface area (Å²) in [6, 6.07) is 9.05. The number of hydrogen-bond donors (Lipinski definition) is 1. The van der Waals surface area contributed by atoms with Crippen molar-refractivity contribution in [2.75, 3.05) is 0 Å². The van der Waals surface area contributed by atoms with Gasteiger partial charge in [0.25, 0.3) is 0 Å². The Morgan fingerprint density at radius 1 is 1.33 bits per heavy atom. The lowest BCUT2D eigenvalue weighted by Gasteiger charge is -2.00. The Morgan fingerprint density at radius 2 is 2.11 bits per heavy atom. The van der Waals surface area contributed by atoms with Crippen LogP contribution in [-0.4, -0.2) is 5.91 Å². The van der Waals surface area contributed by atoms with E-state index >= 15 is 0 Å². The molecule has 3 nitrogen and oxygen atoms in total. The molecule has 0 radical (unpaired) electrons. The van der Waals surface area contributed by atoms with Gasteiger partial charge in [0.2, 0.25) is 5.91 Å². The van der Waals surface area contributed by atoms with Crippen molar-refractivity contribution < 1.29 is 9.21 Å². The zero-order valence-electron chi connectivity index (χ0n) is 9.19. The molecule has 1 heterocycles. The van der Waals surface area contributed by atoms with Crippen molar-refractivity contribution in [2.24, 2.45) is 5.73 Å². The first-order valence-corrected chi connectivity index (χ1v) is 6.26. The van der Waals surface area contributed by atoms with E-state index in [-0.39, 0.29) is 0 Å². The van der Waals surface area contributed by atoms with Crippen LogP contribution in [-0.2, 0) is 4.79 Å². The van der Waals surface area contributed by atoms with E-state index in [4.69, 9.17) is 21.8 Å². The van der Waals surface area contributed by atoms with E-state index < -0.39 is 5.91 Å². The zero-order valence-corrected chi connectivity index (χ0v) is 11.5. The summed E-state index contributed by atoms with van der Waals surface area (Å²) in [6.45, 7) is 0. The molecule has 0 aliphatic carbocycles. The van der Waals surface area contributed by atoms with Crippen molar-refractivity contribution in [3.05, 3.63) is 51.7 Å². The molecule has 1 amide bonds. The van der Waals surface area contributed by atoms with Crippen LogP contribution in [0.25, 0.3) is 17.4 Å². The van der Waals surface area contributed by atoms with Crippen LogP contribution in [0.3, 0.4) is 0 Å². The number of halogens is 2. The maximum Gasteiger partial charge on any atom is 0.241 e. The fraction of sp³-hybridized carbons (Fsp3) is 0. The van der Waals surface area contributed by atoms with Gasteiger partial charge in [0, 0.05) is 16.1 Å². The number of amides is 1. The minimum Gasteiger partial charge on any atom is -0.457 e. The van der Waals surface area contributed by atoms with E-state index in [0.29, 0.717) is 16.5 Å². The first-order valence-electron chi connectivity index (χ1n) is 5.09. The van der Waals surface area contributed by atoms with E-state index in [0.717, 1.165) is 10.0 Å². The van der Waals surface area contributed by atoms with Crippen molar-refractivity contribution in [1.29, 1.82) is 0 Å². The van der Waals surface area contributed by atoms with Crippen LogP contribution in [0.1, 0.15) is 5.76 Å². The van der Waals surface area contributed by atoms with Crippen molar-refractivity contribution in [2.45, 2.75) is 0 Å². The van der Waals surface area contributed by atoms with Crippen LogP contribution in [0.4, 0.5) is 0 Å². The predicted octanol–water partition coefficient (Wildman–Crippen LogP) is 3.86. The minimum atomic E-state index is -0.519. The van der Waals surface area contributed by atoms with Crippen LogP contribution < -0.4 is 5.73 Å². The number of hydrogen-bond acceptors (Lipinski definition) is 2. The SMILES string of the molecule is NC(=O)/C=C\c1ccc(-c2ccc(Br)cc2Cl)o1. The Hall–Kier alpha value is -1.52. The summed E-state index contributed by atoms with van der Waals surface area (Å²) in [4.78, 5) is 10.6. The van der Waals surface area contributed by atoms with Gasteiger partial charge in [-0.25, -0.2) is 0 Å². The molecule has 0 saturated carbocycles. The molecule has 1 aromatic heterocycles. The van der Waals surface area contributed by atoms with Gasteiger partial charge in [0.15, 0.2) is 0 Å². The Labute approximate surface area is 117 Å². The summed E-state index contributed by atoms with van der Waals surface area (Å²) in [6.07, 6.45) is 2.75. The van der Waals surface area contributed by atoms with Crippen molar-refractivity contribution in [3.8, 4) is 11.3 Å². The number of nitrogens with two attached hydrogens (primary N) is 1. The molecule has 0 bridgehead atoms. The highest BCUT2D eigenvalue weighted by atomic mass is 79.9. The summed E-state index contributed by atoms with van der Waals surface area (Å²) in [5.74, 6) is 0.661. The van der Waals surface area contributed by atoms with Crippen molar-refractivity contribution in [1.82, 2.24) is 0 Å². The quantitative estimate of drug-likeness (QED) is 0.871. The molecule has 0 saturated heterocycles. The predicted molar refractivity (Wildman–Crippen MR) is 75.1 cm³/mol. The molecular formula is C13H9BrClNO2. The van der Waals surface area contributed by atoms with Gasteiger partial charge < -0.3 is 10.2 Å². The van der Waals surface area contributed by atoms with E-state index in [1.165, 1.54) is 12.2 Å². The molecule has 2 aromatic rings. The average Bonchev–Trinajstić information content (AvgIpc) is 2.75. The average molecular weight is 327 g/mol. The number of benzene rings is 1. The van der Waals surface area contributed by atoms with E-state index in [1.54, 1.807) is 18.2 Å². The number of carbonyl (C=O) groups excluding carboxylic acids is 1. The highest BCUT2D eigenvalue weighted by Crippen LogP contribution is 2.31. The first-order chi connectivity index (χ1) is 8.56. The van der Waals surface area contributed by atoms with Crippen molar-refractivity contribution >= 4 is 39.5 Å². The van der Waals surface area contributed by atoms with Crippen LogP contribution in [0.2, 0.25) is 5.02 Å². The van der Waals surface area contributed by atoms with Crippen LogP contribution in [0.5, 0.6) is 0 Å². The molecule has 2 N–H and O–H groups in total. The maximum absolute atomic E-state index is 10.6. The largest absolute Gasteiger partial charge is 0.457 e. The summed E-state index contributed by atoms with van der Waals surface area (Å²) >= 11 is 9.46. The second-order valence-electron chi connectivity index (χ2n) is 3.56. The van der Waals surface area contributed by atoms with Crippen LogP contribution in [0, 0.1) is 0 Å². The highest BCUT2D eigenvalue weighted by molar-refractivity contribution is 9.10. The van der Waals surface area contributed by atoms with Gasteiger partial charge >= 0.3 is 0 Å². The summed E-state index contributed by atoms with van der Waals surface area (Å²) in [7, 11) is 0. The molecule has 0 aliphatic rings. The topological polar surface area (TPSA) is 56.2 Å². The lowest BCUT2D eigenvalue weighted by atomic mass is 10.2. The molecule has 0 atom stereocenters. The van der Waals surface area contributed by atoms with Crippen molar-refractivity contribution in [3.63, 3.8) is 0 Å². The van der Waals surface area contributed by atoms with Crippen LogP contribution in [0.15, 0.2) is 45.3 Å². The fourth-order valence-electron chi connectivity index (χ4n) is 1.44. The molecule has 0 unspecified atom stereocenters. The lowest BCUT2D eigenvalue weighted by Crippen LogP contribution is -2.04. The second kappa shape index (κ2) is 5.42. The molecule has 92 valence electrons. The van der Waals surface area contributed by atoms with Gasteiger partial charge in [-0.15, -0.1) is 0 Å². The Balaban J connectivity index is 2.32. The number of primary amides is 1. The maximum atomic E-state index is 10.6. The lowest BCUT2D eigenvalue weighted by molar-refractivity contribution is -0.113. The molecule has 0 aliphatic heterocycles. The Morgan fingerprint density at radius 3 is 2.78 bits per heavy atom. The minimum absolute atomic E-state index is 0.519. The van der Waals surface area contributed by atoms with Gasteiger partial charge in [-0.3, -0.25) is 4.79 Å². The highest BCUT2D eigenvalue weighted by Gasteiger charge is 2.08. The Bertz CT molecular complexity index is 619. The summed E-state index contributed by atoms with van der Waals surface area (Å²) in [5.41, 5.74) is 5.80.